The number of rotatable bonds is 5. The highest BCUT2D eigenvalue weighted by Gasteiger charge is 2.22. The van der Waals surface area contributed by atoms with Crippen LogP contribution in [0.15, 0.2) is 67.0 Å². The highest BCUT2D eigenvalue weighted by atomic mass is 16.1. The zero-order valence-corrected chi connectivity index (χ0v) is 16.8. The maximum Gasteiger partial charge on any atom is 0.248 e. The Morgan fingerprint density at radius 1 is 1.10 bits per heavy atom. The SMILES string of the molecule is C=C(CN1Cc2ccccc2-c2ccccc2C1)C(=O)NC(C)c1nncn1C. The van der Waals surface area contributed by atoms with Crippen molar-refractivity contribution in [3.8, 4) is 11.1 Å². The normalized spacial score (nSPS) is 14.4. The van der Waals surface area contributed by atoms with Crippen molar-refractivity contribution in [2.45, 2.75) is 26.1 Å². The molecule has 0 bridgehead atoms. The summed E-state index contributed by atoms with van der Waals surface area (Å²) in [6.07, 6.45) is 1.62. The van der Waals surface area contributed by atoms with Gasteiger partial charge in [-0.3, -0.25) is 9.69 Å². The first-order valence-electron chi connectivity index (χ1n) is 9.74. The third kappa shape index (κ3) is 3.98. The van der Waals surface area contributed by atoms with E-state index in [0.29, 0.717) is 17.9 Å². The summed E-state index contributed by atoms with van der Waals surface area (Å²) in [5.74, 6) is 0.551. The fraction of sp³-hybridized carbons (Fsp3) is 0.261. The fourth-order valence-corrected chi connectivity index (χ4v) is 3.88. The summed E-state index contributed by atoms with van der Waals surface area (Å²) in [6, 6.07) is 16.7. The van der Waals surface area contributed by atoms with Gasteiger partial charge in [0.2, 0.25) is 5.91 Å². The Bertz CT molecular complexity index is 1010. The summed E-state index contributed by atoms with van der Waals surface area (Å²) in [7, 11) is 1.86. The largest absolute Gasteiger partial charge is 0.343 e. The van der Waals surface area contributed by atoms with Gasteiger partial charge < -0.3 is 9.88 Å². The Morgan fingerprint density at radius 3 is 2.24 bits per heavy atom. The molecule has 1 amide bonds. The fourth-order valence-electron chi connectivity index (χ4n) is 3.88. The summed E-state index contributed by atoms with van der Waals surface area (Å²) in [5.41, 5.74) is 5.58. The van der Waals surface area contributed by atoms with E-state index in [9.17, 15) is 4.79 Å². The first kappa shape index (κ1) is 19.1. The second-order valence-electron chi connectivity index (χ2n) is 7.56. The molecule has 2 aromatic carbocycles. The van der Waals surface area contributed by atoms with E-state index in [4.69, 9.17) is 0 Å². The third-order valence-electron chi connectivity index (χ3n) is 5.33. The van der Waals surface area contributed by atoms with Gasteiger partial charge in [0.15, 0.2) is 5.82 Å². The molecule has 0 saturated carbocycles. The molecular weight excluding hydrogens is 362 g/mol. The second-order valence-corrected chi connectivity index (χ2v) is 7.56. The molecule has 0 radical (unpaired) electrons. The minimum Gasteiger partial charge on any atom is -0.343 e. The number of carbonyl (C=O) groups excluding carboxylic acids is 1. The number of carbonyl (C=O) groups is 1. The van der Waals surface area contributed by atoms with Crippen molar-refractivity contribution in [1.29, 1.82) is 0 Å². The van der Waals surface area contributed by atoms with E-state index in [1.807, 2.05) is 14.0 Å². The summed E-state index contributed by atoms with van der Waals surface area (Å²) < 4.78 is 1.80. The van der Waals surface area contributed by atoms with Gasteiger partial charge in [0.05, 0.1) is 6.04 Å². The van der Waals surface area contributed by atoms with Gasteiger partial charge in [0.25, 0.3) is 0 Å². The average Bonchev–Trinajstić information content (AvgIpc) is 3.07. The highest BCUT2D eigenvalue weighted by Crippen LogP contribution is 2.32. The molecule has 148 valence electrons. The number of benzene rings is 2. The van der Waals surface area contributed by atoms with Crippen LogP contribution in [0, 0.1) is 0 Å². The smallest absolute Gasteiger partial charge is 0.248 e. The van der Waals surface area contributed by atoms with E-state index in [-0.39, 0.29) is 11.9 Å². The van der Waals surface area contributed by atoms with Crippen molar-refractivity contribution in [3.05, 3.63) is 84.0 Å². The van der Waals surface area contributed by atoms with E-state index >= 15 is 0 Å². The van der Waals surface area contributed by atoms with Gasteiger partial charge in [0, 0.05) is 32.3 Å². The molecule has 0 aliphatic carbocycles. The van der Waals surface area contributed by atoms with Crippen molar-refractivity contribution < 1.29 is 4.79 Å². The van der Waals surface area contributed by atoms with Crippen LogP contribution in [0.5, 0.6) is 0 Å². The van der Waals surface area contributed by atoms with Gasteiger partial charge in [-0.2, -0.15) is 0 Å². The van der Waals surface area contributed by atoms with Crippen LogP contribution in [-0.4, -0.2) is 32.1 Å². The Labute approximate surface area is 170 Å². The highest BCUT2D eigenvalue weighted by molar-refractivity contribution is 5.93. The molecule has 1 unspecified atom stereocenters. The van der Waals surface area contributed by atoms with Crippen LogP contribution >= 0.6 is 0 Å². The number of nitrogens with zero attached hydrogens (tertiary/aromatic N) is 4. The van der Waals surface area contributed by atoms with Crippen LogP contribution < -0.4 is 5.32 Å². The lowest BCUT2D eigenvalue weighted by Crippen LogP contribution is -2.34. The number of hydrogen-bond donors (Lipinski definition) is 1. The van der Waals surface area contributed by atoms with E-state index in [0.717, 1.165) is 13.1 Å². The Balaban J connectivity index is 1.49. The molecule has 2 heterocycles. The Morgan fingerprint density at radius 2 is 1.69 bits per heavy atom. The summed E-state index contributed by atoms with van der Waals surface area (Å²) in [5, 5.41) is 10.9. The number of aryl methyl sites for hydroxylation is 1. The van der Waals surface area contributed by atoms with Crippen LogP contribution in [0.1, 0.15) is 29.9 Å². The number of amides is 1. The summed E-state index contributed by atoms with van der Waals surface area (Å²) in [6.45, 7) is 8.00. The molecule has 6 nitrogen and oxygen atoms in total. The molecule has 1 atom stereocenters. The van der Waals surface area contributed by atoms with Crippen molar-refractivity contribution in [2.75, 3.05) is 6.54 Å². The van der Waals surface area contributed by atoms with E-state index in [1.165, 1.54) is 22.3 Å². The van der Waals surface area contributed by atoms with Crippen molar-refractivity contribution >= 4 is 5.91 Å². The number of aromatic nitrogens is 3. The zero-order chi connectivity index (χ0) is 20.4. The topological polar surface area (TPSA) is 63.1 Å². The predicted octanol–water partition coefficient (Wildman–Crippen LogP) is 3.23. The minimum atomic E-state index is -0.239. The summed E-state index contributed by atoms with van der Waals surface area (Å²) >= 11 is 0. The molecule has 0 saturated heterocycles. The number of hydrogen-bond acceptors (Lipinski definition) is 4. The van der Waals surface area contributed by atoms with Crippen LogP contribution in [-0.2, 0) is 24.9 Å². The minimum absolute atomic E-state index is 0.161. The second kappa shape index (κ2) is 8.01. The molecule has 1 aliphatic heterocycles. The first-order valence-corrected chi connectivity index (χ1v) is 9.74. The maximum atomic E-state index is 12.7. The molecule has 6 heteroatoms. The van der Waals surface area contributed by atoms with Crippen LogP contribution in [0.2, 0.25) is 0 Å². The molecule has 3 aromatic rings. The monoisotopic (exact) mass is 387 g/mol. The van der Waals surface area contributed by atoms with E-state index in [2.05, 4.69) is 75.5 Å². The molecule has 4 rings (SSSR count). The standard InChI is InChI=1S/C23H25N5O/c1-16(23(29)25-17(2)22-26-24-15-27(22)3)12-28-13-18-8-4-6-10-20(18)21-11-7-5-9-19(21)14-28/h4-11,15,17H,1,12-14H2,2-3H3,(H,25,29). The van der Waals surface area contributed by atoms with E-state index in [1.54, 1.807) is 10.9 Å². The zero-order valence-electron chi connectivity index (χ0n) is 16.8. The van der Waals surface area contributed by atoms with Gasteiger partial charge in [-0.1, -0.05) is 55.1 Å². The predicted molar refractivity (Wildman–Crippen MR) is 113 cm³/mol. The molecule has 0 fully saturated rings. The Hall–Kier alpha value is -3.25. The van der Waals surface area contributed by atoms with Crippen molar-refractivity contribution in [3.63, 3.8) is 0 Å². The maximum absolute atomic E-state index is 12.7. The van der Waals surface area contributed by atoms with Gasteiger partial charge in [-0.25, -0.2) is 0 Å². The van der Waals surface area contributed by atoms with Crippen LogP contribution in [0.3, 0.4) is 0 Å². The molecule has 1 N–H and O–H groups in total. The first-order chi connectivity index (χ1) is 14.0. The molecule has 1 aliphatic rings. The van der Waals surface area contributed by atoms with Crippen molar-refractivity contribution in [1.82, 2.24) is 25.0 Å². The van der Waals surface area contributed by atoms with E-state index < -0.39 is 0 Å². The molecule has 0 spiro atoms. The third-order valence-corrected chi connectivity index (χ3v) is 5.33. The molecular formula is C23H25N5O. The lowest BCUT2D eigenvalue weighted by atomic mass is 9.97. The average molecular weight is 387 g/mol. The van der Waals surface area contributed by atoms with Gasteiger partial charge in [-0.05, 0) is 29.2 Å². The quantitative estimate of drug-likeness (QED) is 0.683. The lowest BCUT2D eigenvalue weighted by molar-refractivity contribution is -0.118. The van der Waals surface area contributed by atoms with Gasteiger partial charge in [-0.15, -0.1) is 10.2 Å². The molecule has 29 heavy (non-hydrogen) atoms. The lowest BCUT2D eigenvalue weighted by Gasteiger charge is -2.22. The van der Waals surface area contributed by atoms with Crippen LogP contribution in [0.4, 0.5) is 0 Å². The van der Waals surface area contributed by atoms with Gasteiger partial charge in [0.1, 0.15) is 6.33 Å². The Kier molecular flexibility index (Phi) is 5.27. The van der Waals surface area contributed by atoms with Crippen molar-refractivity contribution in [2.24, 2.45) is 7.05 Å². The summed E-state index contributed by atoms with van der Waals surface area (Å²) in [4.78, 5) is 15.0. The number of nitrogens with one attached hydrogen (secondary N) is 1. The number of fused-ring (bicyclic) bond motifs is 3. The van der Waals surface area contributed by atoms with Gasteiger partial charge >= 0.3 is 0 Å². The molecule has 1 aromatic heterocycles. The van der Waals surface area contributed by atoms with Crippen LogP contribution in [0.25, 0.3) is 11.1 Å².